The van der Waals surface area contributed by atoms with Gasteiger partial charge in [0.2, 0.25) is 21.9 Å². The lowest BCUT2D eigenvalue weighted by atomic mass is 10.1. The molecule has 224 valence electrons. The van der Waals surface area contributed by atoms with Crippen LogP contribution in [0.1, 0.15) is 18.6 Å². The summed E-state index contributed by atoms with van der Waals surface area (Å²) in [4.78, 5) is 3.84. The summed E-state index contributed by atoms with van der Waals surface area (Å²) in [5.74, 6) is -0.294. The van der Waals surface area contributed by atoms with Crippen LogP contribution >= 0.6 is 0 Å². The molecule has 42 heavy (non-hydrogen) atoms. The minimum absolute atomic E-state index is 0.0838. The number of benzene rings is 2. The van der Waals surface area contributed by atoms with E-state index in [9.17, 15) is 26.3 Å². The largest absolute Gasteiger partial charge is 0.494 e. The van der Waals surface area contributed by atoms with Crippen LogP contribution in [0.15, 0.2) is 59.5 Å². The van der Waals surface area contributed by atoms with Crippen molar-refractivity contribution in [3.63, 3.8) is 0 Å². The molecule has 0 aliphatic carbocycles. The summed E-state index contributed by atoms with van der Waals surface area (Å²) in [7, 11) is -4.28. The SMILES string of the molecule is COc1cccc(-c2nnc(NS(=O)(=O)[C@H](C)[C@H](O)c3ccc(F)cc3S(C)(=O)=O)n2-c2c(OC)cccc2OC)n1. The molecule has 0 saturated carbocycles. The zero-order chi connectivity index (χ0) is 30.8. The minimum atomic E-state index is -4.52. The van der Waals surface area contributed by atoms with Crippen LogP contribution in [-0.2, 0) is 19.9 Å². The van der Waals surface area contributed by atoms with Crippen LogP contribution in [0, 0.1) is 5.82 Å². The van der Waals surface area contributed by atoms with Crippen molar-refractivity contribution in [3.8, 4) is 34.6 Å². The summed E-state index contributed by atoms with van der Waals surface area (Å²) in [5.41, 5.74) is 0.208. The third-order valence-electron chi connectivity index (χ3n) is 6.31. The van der Waals surface area contributed by atoms with E-state index in [2.05, 4.69) is 19.9 Å². The third-order valence-corrected chi connectivity index (χ3v) is 9.17. The highest BCUT2D eigenvalue weighted by Gasteiger charge is 2.35. The Morgan fingerprint density at radius 3 is 2.17 bits per heavy atom. The fraction of sp³-hybridized carbons (Fsp3) is 0.269. The van der Waals surface area contributed by atoms with Gasteiger partial charge in [0, 0.05) is 17.9 Å². The van der Waals surface area contributed by atoms with Gasteiger partial charge in [-0.15, -0.1) is 10.2 Å². The highest BCUT2D eigenvalue weighted by Crippen LogP contribution is 2.38. The van der Waals surface area contributed by atoms with E-state index in [0.29, 0.717) is 0 Å². The second-order valence-corrected chi connectivity index (χ2v) is 13.0. The summed E-state index contributed by atoms with van der Waals surface area (Å²) in [6, 6.07) is 12.5. The van der Waals surface area contributed by atoms with Crippen LogP contribution in [0.3, 0.4) is 0 Å². The Labute approximate surface area is 241 Å². The number of halogens is 1. The summed E-state index contributed by atoms with van der Waals surface area (Å²) in [5, 5.41) is 17.6. The zero-order valence-corrected chi connectivity index (χ0v) is 24.8. The molecular weight excluding hydrogens is 593 g/mol. The quantitative estimate of drug-likeness (QED) is 0.252. The molecule has 2 heterocycles. The van der Waals surface area contributed by atoms with Gasteiger partial charge in [-0.3, -0.25) is 9.29 Å². The fourth-order valence-corrected chi connectivity index (χ4v) is 6.15. The Kier molecular flexibility index (Phi) is 8.70. The smallest absolute Gasteiger partial charge is 0.243 e. The van der Waals surface area contributed by atoms with E-state index in [-0.39, 0.29) is 46.1 Å². The van der Waals surface area contributed by atoms with Gasteiger partial charge in [-0.1, -0.05) is 18.2 Å². The molecule has 0 bridgehead atoms. The summed E-state index contributed by atoms with van der Waals surface area (Å²) in [6.07, 6.45) is -1.04. The van der Waals surface area contributed by atoms with Crippen LogP contribution in [0.5, 0.6) is 17.4 Å². The molecule has 13 nitrogen and oxygen atoms in total. The zero-order valence-electron chi connectivity index (χ0n) is 23.1. The number of sulfonamides is 1. The van der Waals surface area contributed by atoms with E-state index in [1.807, 2.05) is 0 Å². The standard InChI is InChI=1S/C26H28FN5O8S2/c1-15(24(33)17-13-12-16(27)14-21(17)41(5,34)35)42(36,37)31-26-30-29-25(18-8-6-11-22(28-18)40-4)32(26)23-19(38-2)9-7-10-20(23)39-3/h6-15,24,33H,1-5H3,(H,30,31)/t15-,24+/m1/s1. The number of aromatic nitrogens is 4. The molecule has 2 aromatic heterocycles. The molecule has 0 radical (unpaired) electrons. The maximum absolute atomic E-state index is 13.9. The molecule has 2 aromatic carbocycles. The monoisotopic (exact) mass is 621 g/mol. The number of sulfone groups is 1. The second kappa shape index (κ2) is 11.9. The highest BCUT2D eigenvalue weighted by atomic mass is 32.2. The lowest BCUT2D eigenvalue weighted by molar-refractivity contribution is 0.173. The number of rotatable bonds is 11. The predicted octanol–water partition coefficient (Wildman–Crippen LogP) is 2.76. The van der Waals surface area contributed by atoms with E-state index < -0.39 is 41.9 Å². The number of nitrogens with zero attached hydrogens (tertiary/aromatic N) is 4. The van der Waals surface area contributed by atoms with Gasteiger partial charge >= 0.3 is 0 Å². The van der Waals surface area contributed by atoms with Crippen molar-refractivity contribution in [1.29, 1.82) is 0 Å². The van der Waals surface area contributed by atoms with E-state index in [1.165, 1.54) is 25.9 Å². The van der Waals surface area contributed by atoms with Crippen molar-refractivity contribution in [2.75, 3.05) is 32.3 Å². The first-order valence-corrected chi connectivity index (χ1v) is 15.6. The van der Waals surface area contributed by atoms with Crippen LogP contribution in [0.4, 0.5) is 10.3 Å². The Morgan fingerprint density at radius 2 is 1.57 bits per heavy atom. The maximum atomic E-state index is 13.9. The molecule has 0 saturated heterocycles. The van der Waals surface area contributed by atoms with Gasteiger partial charge in [0.15, 0.2) is 15.7 Å². The normalized spacial score (nSPS) is 13.3. The number of nitrogens with one attached hydrogen (secondary N) is 1. The number of ether oxygens (including phenoxy) is 3. The van der Waals surface area contributed by atoms with Crippen molar-refractivity contribution in [3.05, 3.63) is 66.0 Å². The molecule has 16 heteroatoms. The predicted molar refractivity (Wildman–Crippen MR) is 151 cm³/mol. The van der Waals surface area contributed by atoms with Gasteiger partial charge in [-0.05, 0) is 37.3 Å². The van der Waals surface area contributed by atoms with Gasteiger partial charge < -0.3 is 19.3 Å². The summed E-state index contributed by atoms with van der Waals surface area (Å²) < 4.78 is 85.5. The third kappa shape index (κ3) is 6.00. The van der Waals surface area contributed by atoms with Crippen LogP contribution in [0.2, 0.25) is 0 Å². The maximum Gasteiger partial charge on any atom is 0.243 e. The van der Waals surface area contributed by atoms with Crippen LogP contribution in [0.25, 0.3) is 17.2 Å². The lowest BCUT2D eigenvalue weighted by Gasteiger charge is -2.23. The molecule has 0 spiro atoms. The average Bonchev–Trinajstić information content (AvgIpc) is 3.37. The molecule has 0 unspecified atom stereocenters. The molecule has 0 aliphatic heterocycles. The van der Waals surface area contributed by atoms with E-state index >= 15 is 0 Å². The Bertz CT molecular complexity index is 1810. The highest BCUT2D eigenvalue weighted by molar-refractivity contribution is 7.93. The molecule has 2 N–H and O–H groups in total. The molecule has 4 rings (SSSR count). The number of para-hydroxylation sites is 1. The Balaban J connectivity index is 1.86. The van der Waals surface area contributed by atoms with Crippen LogP contribution < -0.4 is 18.9 Å². The minimum Gasteiger partial charge on any atom is -0.494 e. The van der Waals surface area contributed by atoms with Crippen molar-refractivity contribution in [2.45, 2.75) is 23.2 Å². The molecule has 0 aliphatic rings. The number of hydrogen-bond donors (Lipinski definition) is 2. The number of aliphatic hydroxyl groups excluding tert-OH is 1. The number of aliphatic hydroxyl groups is 1. The number of hydrogen-bond acceptors (Lipinski definition) is 11. The Morgan fingerprint density at radius 1 is 0.929 bits per heavy atom. The molecule has 0 amide bonds. The molecule has 2 atom stereocenters. The average molecular weight is 622 g/mol. The van der Waals surface area contributed by atoms with Gasteiger partial charge in [-0.2, -0.15) is 0 Å². The fourth-order valence-electron chi connectivity index (χ4n) is 4.15. The van der Waals surface area contributed by atoms with Crippen LogP contribution in [-0.4, -0.2) is 74.5 Å². The van der Waals surface area contributed by atoms with Gasteiger partial charge in [-0.25, -0.2) is 26.2 Å². The van der Waals surface area contributed by atoms with E-state index in [4.69, 9.17) is 14.2 Å². The first-order chi connectivity index (χ1) is 19.8. The molecule has 0 fully saturated rings. The summed E-state index contributed by atoms with van der Waals surface area (Å²) in [6.45, 7) is 1.16. The second-order valence-electron chi connectivity index (χ2n) is 9.01. The van der Waals surface area contributed by atoms with E-state index in [0.717, 1.165) is 31.4 Å². The number of methoxy groups -OCH3 is 3. The first kappa shape index (κ1) is 30.7. The van der Waals surface area contributed by atoms with Crippen molar-refractivity contribution in [1.82, 2.24) is 19.7 Å². The van der Waals surface area contributed by atoms with Crippen molar-refractivity contribution in [2.24, 2.45) is 0 Å². The number of anilines is 1. The van der Waals surface area contributed by atoms with E-state index in [1.54, 1.807) is 36.4 Å². The molecule has 4 aromatic rings. The van der Waals surface area contributed by atoms with Gasteiger partial charge in [0.25, 0.3) is 0 Å². The first-order valence-electron chi connectivity index (χ1n) is 12.2. The lowest BCUT2D eigenvalue weighted by Crippen LogP contribution is -2.32. The topological polar surface area (TPSA) is 172 Å². The van der Waals surface area contributed by atoms with Gasteiger partial charge in [0.1, 0.15) is 33.9 Å². The number of pyridine rings is 1. The molecular formula is C26H28FN5O8S2. The van der Waals surface area contributed by atoms with Crippen molar-refractivity contribution >= 4 is 25.8 Å². The van der Waals surface area contributed by atoms with Gasteiger partial charge in [0.05, 0.1) is 32.3 Å². The summed E-state index contributed by atoms with van der Waals surface area (Å²) >= 11 is 0. The van der Waals surface area contributed by atoms with Crippen molar-refractivity contribution < 1.29 is 40.5 Å². The Hall–Kier alpha value is -4.28.